The summed E-state index contributed by atoms with van der Waals surface area (Å²) in [5.41, 5.74) is 6.81. The molecule has 0 amide bonds. The predicted octanol–water partition coefficient (Wildman–Crippen LogP) is 3.04. The Morgan fingerprint density at radius 3 is 2.95 bits per heavy atom. The first-order valence-corrected chi connectivity index (χ1v) is 9.02. The lowest BCUT2D eigenvalue weighted by atomic mass is 10.1. The summed E-state index contributed by atoms with van der Waals surface area (Å²) < 4.78 is 3.09. The van der Waals surface area contributed by atoms with E-state index >= 15 is 0 Å². The molecule has 0 aromatic carbocycles. The summed E-state index contributed by atoms with van der Waals surface area (Å²) >= 11 is 5.60. The molecule has 0 radical (unpaired) electrons. The molecule has 0 saturated carbocycles. The van der Waals surface area contributed by atoms with E-state index in [1.54, 1.807) is 4.88 Å². The molecule has 1 aliphatic rings. The van der Waals surface area contributed by atoms with Crippen LogP contribution in [0, 0.1) is 0 Å². The van der Waals surface area contributed by atoms with Crippen molar-refractivity contribution in [3.05, 3.63) is 37.2 Å². The summed E-state index contributed by atoms with van der Waals surface area (Å²) in [7, 11) is 2.00. The third-order valence-corrected chi connectivity index (χ3v) is 6.48. The molecule has 2 heterocycles. The van der Waals surface area contributed by atoms with Gasteiger partial charge in [-0.25, -0.2) is 0 Å². The van der Waals surface area contributed by atoms with Crippen molar-refractivity contribution < 1.29 is 0 Å². The van der Waals surface area contributed by atoms with Crippen LogP contribution in [-0.4, -0.2) is 9.78 Å². The molecule has 1 atom stereocenters. The van der Waals surface area contributed by atoms with Crippen molar-refractivity contribution >= 4 is 27.3 Å². The Bertz CT molecular complexity index is 625. The second kappa shape index (κ2) is 6.20. The highest BCUT2D eigenvalue weighted by Crippen LogP contribution is 2.35. The van der Waals surface area contributed by atoms with Crippen LogP contribution in [0.15, 0.2) is 10.5 Å². The van der Waals surface area contributed by atoms with E-state index in [2.05, 4.69) is 39.4 Å². The van der Waals surface area contributed by atoms with E-state index in [1.165, 1.54) is 35.4 Å². The van der Waals surface area contributed by atoms with Gasteiger partial charge in [-0.05, 0) is 53.2 Å². The lowest BCUT2D eigenvalue weighted by Crippen LogP contribution is -2.29. The minimum atomic E-state index is 0.150. The molecule has 0 saturated heterocycles. The summed E-state index contributed by atoms with van der Waals surface area (Å²) in [5, 5.41) is 4.56. The molecule has 4 nitrogen and oxygen atoms in total. The fraction of sp³-hybridized carbons (Fsp3) is 0.533. The van der Waals surface area contributed by atoms with Crippen LogP contribution in [0.1, 0.15) is 46.1 Å². The Hall–Kier alpha value is -0.690. The third kappa shape index (κ3) is 2.82. The standard InChI is InChI=1S/C15H21BrN4S/c1-3-10-15(16)12(20(2)19-10)8-11(18-17)14-7-9-5-4-6-13(9)21-14/h7,11,18H,3-6,8,17H2,1-2H3. The first-order valence-electron chi connectivity index (χ1n) is 7.41. The molecule has 2 aromatic heterocycles. The van der Waals surface area contributed by atoms with Gasteiger partial charge in [-0.1, -0.05) is 6.92 Å². The normalized spacial score (nSPS) is 15.4. The van der Waals surface area contributed by atoms with Crippen LogP contribution < -0.4 is 11.3 Å². The van der Waals surface area contributed by atoms with E-state index in [0.29, 0.717) is 0 Å². The third-order valence-electron chi connectivity index (χ3n) is 4.21. The highest BCUT2D eigenvalue weighted by atomic mass is 79.9. The fourth-order valence-corrected chi connectivity index (χ4v) is 5.10. The number of hydrazine groups is 1. The number of nitrogens with one attached hydrogen (secondary N) is 1. The minimum absolute atomic E-state index is 0.150. The Labute approximate surface area is 137 Å². The quantitative estimate of drug-likeness (QED) is 0.629. The fourth-order valence-electron chi connectivity index (χ4n) is 3.00. The van der Waals surface area contributed by atoms with Gasteiger partial charge in [-0.2, -0.15) is 5.10 Å². The Morgan fingerprint density at radius 2 is 2.33 bits per heavy atom. The van der Waals surface area contributed by atoms with E-state index in [0.717, 1.165) is 23.0 Å². The van der Waals surface area contributed by atoms with Gasteiger partial charge in [-0.15, -0.1) is 11.3 Å². The Balaban J connectivity index is 1.85. The van der Waals surface area contributed by atoms with Crippen LogP contribution in [0.3, 0.4) is 0 Å². The molecule has 114 valence electrons. The van der Waals surface area contributed by atoms with Gasteiger partial charge >= 0.3 is 0 Å². The largest absolute Gasteiger partial charge is 0.271 e. The SMILES string of the molecule is CCc1nn(C)c(CC(NN)c2cc3c(s2)CCC3)c1Br. The number of halogens is 1. The van der Waals surface area contributed by atoms with Crippen LogP contribution in [0.5, 0.6) is 0 Å². The van der Waals surface area contributed by atoms with Gasteiger partial charge in [0.25, 0.3) is 0 Å². The molecule has 3 rings (SSSR count). The van der Waals surface area contributed by atoms with Gasteiger partial charge in [0.2, 0.25) is 0 Å². The van der Waals surface area contributed by atoms with Crippen LogP contribution >= 0.6 is 27.3 Å². The molecule has 0 aliphatic heterocycles. The van der Waals surface area contributed by atoms with Gasteiger partial charge in [0.1, 0.15) is 0 Å². The van der Waals surface area contributed by atoms with Crippen molar-refractivity contribution in [2.75, 3.05) is 0 Å². The van der Waals surface area contributed by atoms with Crippen LogP contribution in [-0.2, 0) is 32.7 Å². The molecular formula is C15H21BrN4S. The molecular weight excluding hydrogens is 348 g/mol. The second-order valence-electron chi connectivity index (χ2n) is 5.56. The zero-order valence-electron chi connectivity index (χ0n) is 12.4. The number of thiophene rings is 1. The summed E-state index contributed by atoms with van der Waals surface area (Å²) in [6.07, 6.45) is 5.53. The van der Waals surface area contributed by atoms with E-state index in [-0.39, 0.29) is 6.04 Å². The van der Waals surface area contributed by atoms with Gasteiger partial charge in [0.15, 0.2) is 0 Å². The molecule has 0 bridgehead atoms. The summed E-state index contributed by atoms with van der Waals surface area (Å²) in [6.45, 7) is 2.12. The summed E-state index contributed by atoms with van der Waals surface area (Å²) in [4.78, 5) is 2.89. The van der Waals surface area contributed by atoms with E-state index in [9.17, 15) is 0 Å². The topological polar surface area (TPSA) is 55.9 Å². The van der Waals surface area contributed by atoms with Crippen molar-refractivity contribution in [2.24, 2.45) is 12.9 Å². The monoisotopic (exact) mass is 368 g/mol. The molecule has 0 spiro atoms. The van der Waals surface area contributed by atoms with Crippen molar-refractivity contribution in [2.45, 2.75) is 45.1 Å². The second-order valence-corrected chi connectivity index (χ2v) is 7.52. The van der Waals surface area contributed by atoms with Crippen molar-refractivity contribution in [3.8, 4) is 0 Å². The van der Waals surface area contributed by atoms with Crippen molar-refractivity contribution in [1.29, 1.82) is 0 Å². The van der Waals surface area contributed by atoms with E-state index in [4.69, 9.17) is 5.84 Å². The summed E-state index contributed by atoms with van der Waals surface area (Å²) in [6, 6.07) is 2.49. The number of nitrogens with two attached hydrogens (primary N) is 1. The number of fused-ring (bicyclic) bond motifs is 1. The van der Waals surface area contributed by atoms with Crippen LogP contribution in [0.4, 0.5) is 0 Å². The Morgan fingerprint density at radius 1 is 1.52 bits per heavy atom. The maximum atomic E-state index is 5.82. The Kier molecular flexibility index (Phi) is 4.49. The molecule has 3 N–H and O–H groups in total. The number of aryl methyl sites for hydroxylation is 4. The van der Waals surface area contributed by atoms with Crippen molar-refractivity contribution in [3.63, 3.8) is 0 Å². The molecule has 2 aromatic rings. The maximum Gasteiger partial charge on any atom is 0.0766 e. The van der Waals surface area contributed by atoms with E-state index in [1.807, 2.05) is 23.1 Å². The van der Waals surface area contributed by atoms with Crippen molar-refractivity contribution in [1.82, 2.24) is 15.2 Å². The van der Waals surface area contributed by atoms with E-state index < -0.39 is 0 Å². The zero-order chi connectivity index (χ0) is 15.0. The number of aromatic nitrogens is 2. The molecule has 0 fully saturated rings. The number of rotatable bonds is 5. The lowest BCUT2D eigenvalue weighted by molar-refractivity contribution is 0.536. The summed E-state index contributed by atoms with van der Waals surface area (Å²) in [5.74, 6) is 5.82. The lowest BCUT2D eigenvalue weighted by Gasteiger charge is -2.15. The molecule has 1 aliphatic carbocycles. The van der Waals surface area contributed by atoms with Crippen LogP contribution in [0.25, 0.3) is 0 Å². The molecule has 1 unspecified atom stereocenters. The average molecular weight is 369 g/mol. The van der Waals surface area contributed by atoms with Gasteiger partial charge < -0.3 is 0 Å². The number of nitrogens with zero attached hydrogens (tertiary/aromatic N) is 2. The predicted molar refractivity (Wildman–Crippen MR) is 90.4 cm³/mol. The highest BCUT2D eigenvalue weighted by molar-refractivity contribution is 9.10. The maximum absolute atomic E-state index is 5.82. The van der Waals surface area contributed by atoms with Gasteiger partial charge in [0, 0.05) is 23.2 Å². The molecule has 6 heteroatoms. The first kappa shape index (κ1) is 15.2. The molecule has 21 heavy (non-hydrogen) atoms. The van der Waals surface area contributed by atoms with Crippen LogP contribution in [0.2, 0.25) is 0 Å². The van der Waals surface area contributed by atoms with Gasteiger partial charge in [-0.3, -0.25) is 16.0 Å². The van der Waals surface area contributed by atoms with Gasteiger partial charge in [0.05, 0.1) is 21.9 Å². The minimum Gasteiger partial charge on any atom is -0.271 e. The number of hydrogen-bond acceptors (Lipinski definition) is 4. The first-order chi connectivity index (χ1) is 10.1. The number of hydrogen-bond donors (Lipinski definition) is 2. The highest BCUT2D eigenvalue weighted by Gasteiger charge is 2.22. The average Bonchev–Trinajstić information content (AvgIpc) is 3.12. The zero-order valence-corrected chi connectivity index (χ0v) is 14.9. The smallest absolute Gasteiger partial charge is 0.0766 e.